The number of anilines is 1. The molecule has 0 spiro atoms. The largest absolute Gasteiger partial charge is 0.305 e. The second-order valence-corrected chi connectivity index (χ2v) is 5.90. The Bertz CT molecular complexity index is 684. The highest BCUT2D eigenvalue weighted by Crippen LogP contribution is 2.33. The van der Waals surface area contributed by atoms with Gasteiger partial charge in [0.1, 0.15) is 4.60 Å². The van der Waals surface area contributed by atoms with E-state index >= 15 is 0 Å². The molecule has 0 radical (unpaired) electrons. The van der Waals surface area contributed by atoms with Crippen LogP contribution in [0.3, 0.4) is 0 Å². The van der Waals surface area contributed by atoms with Crippen molar-refractivity contribution in [2.45, 2.75) is 26.3 Å². The van der Waals surface area contributed by atoms with Gasteiger partial charge in [0.15, 0.2) is 0 Å². The Morgan fingerprint density at radius 3 is 2.80 bits per heavy atom. The van der Waals surface area contributed by atoms with Crippen molar-refractivity contribution in [2.24, 2.45) is 0 Å². The van der Waals surface area contributed by atoms with E-state index in [1.54, 1.807) is 0 Å². The summed E-state index contributed by atoms with van der Waals surface area (Å²) in [5.74, 6) is 0.00169. The summed E-state index contributed by atoms with van der Waals surface area (Å²) >= 11 is 3.40. The van der Waals surface area contributed by atoms with Gasteiger partial charge in [-0.05, 0) is 60.0 Å². The van der Waals surface area contributed by atoms with Crippen LogP contribution in [0.1, 0.15) is 28.5 Å². The van der Waals surface area contributed by atoms with Gasteiger partial charge >= 0.3 is 0 Å². The predicted molar refractivity (Wildman–Crippen MR) is 83.1 cm³/mol. The minimum absolute atomic E-state index is 0.00169. The molecule has 1 aromatic carbocycles. The summed E-state index contributed by atoms with van der Waals surface area (Å²) in [4.78, 5) is 19.0. The molecule has 0 saturated carbocycles. The Morgan fingerprint density at radius 2 is 2.05 bits per heavy atom. The summed E-state index contributed by atoms with van der Waals surface area (Å²) < 4.78 is 0.610. The van der Waals surface area contributed by atoms with Crippen molar-refractivity contribution in [3.63, 3.8) is 0 Å². The standard InChI is InChI=1S/C16H15BrN2O/c1-10-7-8-13(15(17)18-10)16(20)19-11(2)9-12-5-3-4-6-14(12)19/h3-8,11H,9H2,1-2H3/t11-/m1/s1. The molecular weight excluding hydrogens is 316 g/mol. The van der Waals surface area contributed by atoms with Gasteiger partial charge in [0.25, 0.3) is 5.91 Å². The first-order chi connectivity index (χ1) is 9.58. The molecule has 0 fully saturated rings. The van der Waals surface area contributed by atoms with Crippen LogP contribution in [-0.2, 0) is 6.42 Å². The SMILES string of the molecule is Cc1ccc(C(=O)N2c3ccccc3C[C@H]2C)c(Br)n1. The van der Waals surface area contributed by atoms with E-state index in [1.807, 2.05) is 42.2 Å². The Labute approximate surface area is 126 Å². The van der Waals surface area contributed by atoms with Crippen molar-refractivity contribution in [3.8, 4) is 0 Å². The van der Waals surface area contributed by atoms with Crippen molar-refractivity contribution < 1.29 is 4.79 Å². The van der Waals surface area contributed by atoms with Gasteiger partial charge < -0.3 is 4.90 Å². The van der Waals surface area contributed by atoms with E-state index in [9.17, 15) is 4.79 Å². The van der Waals surface area contributed by atoms with E-state index in [1.165, 1.54) is 5.56 Å². The summed E-state index contributed by atoms with van der Waals surface area (Å²) in [5.41, 5.74) is 3.74. The highest BCUT2D eigenvalue weighted by molar-refractivity contribution is 9.10. The zero-order chi connectivity index (χ0) is 14.3. The first-order valence-electron chi connectivity index (χ1n) is 6.62. The van der Waals surface area contributed by atoms with Gasteiger partial charge in [0.05, 0.1) is 5.56 Å². The molecule has 1 aromatic heterocycles. The second-order valence-electron chi connectivity index (χ2n) is 5.15. The smallest absolute Gasteiger partial charge is 0.261 e. The summed E-state index contributed by atoms with van der Waals surface area (Å²) in [5, 5.41) is 0. The minimum Gasteiger partial charge on any atom is -0.305 e. The third-order valence-corrected chi connectivity index (χ3v) is 4.25. The Hall–Kier alpha value is -1.68. The normalized spacial score (nSPS) is 17.1. The molecule has 0 aliphatic carbocycles. The molecule has 2 heterocycles. The number of nitrogens with zero attached hydrogens (tertiary/aromatic N) is 2. The molecule has 3 rings (SSSR count). The van der Waals surface area contributed by atoms with Gasteiger partial charge in [-0.3, -0.25) is 4.79 Å². The van der Waals surface area contributed by atoms with Gasteiger partial charge in [-0.15, -0.1) is 0 Å². The van der Waals surface area contributed by atoms with Gasteiger partial charge in [0, 0.05) is 17.4 Å². The third kappa shape index (κ3) is 2.14. The molecule has 0 N–H and O–H groups in total. The van der Waals surface area contributed by atoms with E-state index < -0.39 is 0 Å². The Balaban J connectivity index is 2.03. The number of para-hydroxylation sites is 1. The van der Waals surface area contributed by atoms with Gasteiger partial charge in [-0.2, -0.15) is 0 Å². The van der Waals surface area contributed by atoms with Crippen molar-refractivity contribution in [1.82, 2.24) is 4.98 Å². The number of aromatic nitrogens is 1. The van der Waals surface area contributed by atoms with E-state index in [2.05, 4.69) is 33.9 Å². The first-order valence-corrected chi connectivity index (χ1v) is 7.42. The minimum atomic E-state index is 0.00169. The van der Waals surface area contributed by atoms with Crippen LogP contribution in [0.15, 0.2) is 41.0 Å². The fraction of sp³-hybridized carbons (Fsp3) is 0.250. The maximum Gasteiger partial charge on any atom is 0.261 e. The number of aryl methyl sites for hydroxylation is 1. The van der Waals surface area contributed by atoms with Crippen LogP contribution in [0, 0.1) is 6.92 Å². The lowest BCUT2D eigenvalue weighted by molar-refractivity contribution is 0.0980. The summed E-state index contributed by atoms with van der Waals surface area (Å²) in [6.07, 6.45) is 0.902. The Kier molecular flexibility index (Phi) is 3.34. The molecule has 2 aromatic rings. The van der Waals surface area contributed by atoms with Gasteiger partial charge in [-0.25, -0.2) is 4.98 Å². The average Bonchev–Trinajstić information content (AvgIpc) is 2.73. The average molecular weight is 331 g/mol. The molecule has 1 amide bonds. The van der Waals surface area contributed by atoms with Crippen molar-refractivity contribution in [3.05, 3.63) is 57.8 Å². The fourth-order valence-electron chi connectivity index (χ4n) is 2.69. The van der Waals surface area contributed by atoms with E-state index in [0.29, 0.717) is 10.2 Å². The molecule has 0 unspecified atom stereocenters. The van der Waals surface area contributed by atoms with Crippen molar-refractivity contribution in [2.75, 3.05) is 4.90 Å². The quantitative estimate of drug-likeness (QED) is 0.746. The van der Waals surface area contributed by atoms with Crippen LogP contribution in [0.4, 0.5) is 5.69 Å². The van der Waals surface area contributed by atoms with Crippen LogP contribution in [-0.4, -0.2) is 16.9 Å². The summed E-state index contributed by atoms with van der Waals surface area (Å²) in [6, 6.07) is 12.0. The fourth-order valence-corrected chi connectivity index (χ4v) is 3.27. The van der Waals surface area contributed by atoms with Crippen molar-refractivity contribution >= 4 is 27.5 Å². The van der Waals surface area contributed by atoms with E-state index in [4.69, 9.17) is 0 Å². The number of carbonyl (C=O) groups is 1. The summed E-state index contributed by atoms with van der Waals surface area (Å²) in [6.45, 7) is 3.99. The molecule has 20 heavy (non-hydrogen) atoms. The monoisotopic (exact) mass is 330 g/mol. The maximum absolute atomic E-state index is 12.8. The zero-order valence-corrected chi connectivity index (χ0v) is 13.0. The van der Waals surface area contributed by atoms with E-state index in [0.717, 1.165) is 17.8 Å². The number of hydrogen-bond donors (Lipinski definition) is 0. The van der Waals surface area contributed by atoms with Crippen LogP contribution in [0.25, 0.3) is 0 Å². The van der Waals surface area contributed by atoms with Gasteiger partial charge in [-0.1, -0.05) is 18.2 Å². The molecular formula is C16H15BrN2O. The number of benzene rings is 1. The maximum atomic E-state index is 12.8. The highest BCUT2D eigenvalue weighted by atomic mass is 79.9. The number of carbonyl (C=O) groups excluding carboxylic acids is 1. The van der Waals surface area contributed by atoms with E-state index in [-0.39, 0.29) is 11.9 Å². The summed E-state index contributed by atoms with van der Waals surface area (Å²) in [7, 11) is 0. The van der Waals surface area contributed by atoms with Crippen LogP contribution in [0.2, 0.25) is 0 Å². The predicted octanol–water partition coefficient (Wildman–Crippen LogP) is 3.74. The lowest BCUT2D eigenvalue weighted by atomic mass is 10.1. The topological polar surface area (TPSA) is 33.2 Å². The van der Waals surface area contributed by atoms with Crippen molar-refractivity contribution in [1.29, 1.82) is 0 Å². The molecule has 1 aliphatic rings. The second kappa shape index (κ2) is 5.02. The number of pyridine rings is 1. The Morgan fingerprint density at radius 1 is 1.30 bits per heavy atom. The van der Waals surface area contributed by atoms with Crippen LogP contribution >= 0.6 is 15.9 Å². The molecule has 0 bridgehead atoms. The third-order valence-electron chi connectivity index (χ3n) is 3.64. The number of halogens is 1. The number of fused-ring (bicyclic) bond motifs is 1. The number of amides is 1. The number of rotatable bonds is 1. The lowest BCUT2D eigenvalue weighted by Gasteiger charge is -2.23. The lowest BCUT2D eigenvalue weighted by Crippen LogP contribution is -2.36. The molecule has 3 nitrogen and oxygen atoms in total. The highest BCUT2D eigenvalue weighted by Gasteiger charge is 2.32. The van der Waals surface area contributed by atoms with Crippen LogP contribution < -0.4 is 4.90 Å². The first kappa shape index (κ1) is 13.3. The molecule has 102 valence electrons. The zero-order valence-electron chi connectivity index (χ0n) is 11.4. The van der Waals surface area contributed by atoms with Crippen LogP contribution in [0.5, 0.6) is 0 Å². The molecule has 1 atom stereocenters. The molecule has 1 aliphatic heterocycles. The molecule has 0 saturated heterocycles. The van der Waals surface area contributed by atoms with Gasteiger partial charge in [0.2, 0.25) is 0 Å². The molecule has 4 heteroatoms. The number of hydrogen-bond acceptors (Lipinski definition) is 2.